The molecule has 0 unspecified atom stereocenters. The molecule has 0 N–H and O–H groups in total. The standard InChI is InChI=1S/C10H9ClN2O/c1-6-3-4-8(9(11)5-6)10-12-7(2)14-13-10/h3-5H,1-2H3. The molecule has 72 valence electrons. The number of aryl methyl sites for hydroxylation is 2. The second-order valence-corrected chi connectivity index (χ2v) is 3.53. The molecule has 1 heterocycles. The molecule has 0 aliphatic carbocycles. The van der Waals surface area contributed by atoms with E-state index in [0.717, 1.165) is 11.1 Å². The molecule has 0 amide bonds. The van der Waals surface area contributed by atoms with Crippen molar-refractivity contribution in [1.29, 1.82) is 0 Å². The number of halogens is 1. The van der Waals surface area contributed by atoms with Crippen molar-refractivity contribution in [2.24, 2.45) is 0 Å². The van der Waals surface area contributed by atoms with Crippen LogP contribution in [0.3, 0.4) is 0 Å². The highest BCUT2D eigenvalue weighted by atomic mass is 35.5. The molecule has 0 bridgehead atoms. The number of hydrogen-bond donors (Lipinski definition) is 0. The van der Waals surface area contributed by atoms with E-state index in [-0.39, 0.29) is 0 Å². The summed E-state index contributed by atoms with van der Waals surface area (Å²) in [5.41, 5.74) is 1.91. The molecule has 1 aromatic heterocycles. The smallest absolute Gasteiger partial charge is 0.223 e. The maximum absolute atomic E-state index is 6.05. The highest BCUT2D eigenvalue weighted by molar-refractivity contribution is 6.33. The van der Waals surface area contributed by atoms with E-state index in [1.165, 1.54) is 0 Å². The predicted molar refractivity (Wildman–Crippen MR) is 54.2 cm³/mol. The Bertz CT molecular complexity index is 465. The van der Waals surface area contributed by atoms with Crippen molar-refractivity contribution in [2.45, 2.75) is 13.8 Å². The Kier molecular flexibility index (Phi) is 2.25. The molecule has 0 aliphatic heterocycles. The highest BCUT2D eigenvalue weighted by Gasteiger charge is 2.09. The van der Waals surface area contributed by atoms with Crippen molar-refractivity contribution in [2.75, 3.05) is 0 Å². The van der Waals surface area contributed by atoms with Crippen molar-refractivity contribution in [3.05, 3.63) is 34.7 Å². The first-order valence-corrected chi connectivity index (χ1v) is 4.61. The Hall–Kier alpha value is -1.35. The lowest BCUT2D eigenvalue weighted by atomic mass is 10.1. The van der Waals surface area contributed by atoms with E-state index < -0.39 is 0 Å². The monoisotopic (exact) mass is 208 g/mol. The minimum atomic E-state index is 0.535. The molecule has 14 heavy (non-hydrogen) atoms. The Balaban J connectivity index is 2.52. The average molecular weight is 209 g/mol. The van der Waals surface area contributed by atoms with Gasteiger partial charge in [0.15, 0.2) is 0 Å². The largest absolute Gasteiger partial charge is 0.339 e. The zero-order valence-electron chi connectivity index (χ0n) is 7.91. The van der Waals surface area contributed by atoms with Crippen LogP contribution in [-0.4, -0.2) is 10.1 Å². The topological polar surface area (TPSA) is 38.9 Å². The first-order valence-electron chi connectivity index (χ1n) is 4.23. The van der Waals surface area contributed by atoms with Gasteiger partial charge in [-0.2, -0.15) is 4.98 Å². The third kappa shape index (κ3) is 1.63. The zero-order chi connectivity index (χ0) is 10.1. The number of rotatable bonds is 1. The molecule has 3 nitrogen and oxygen atoms in total. The van der Waals surface area contributed by atoms with E-state index in [4.69, 9.17) is 16.1 Å². The molecular weight excluding hydrogens is 200 g/mol. The number of benzene rings is 1. The SMILES string of the molecule is Cc1ccc(-c2noc(C)n2)c(Cl)c1. The van der Waals surface area contributed by atoms with Crippen LogP contribution in [0.4, 0.5) is 0 Å². The van der Waals surface area contributed by atoms with Crippen molar-refractivity contribution < 1.29 is 4.52 Å². The van der Waals surface area contributed by atoms with Crippen molar-refractivity contribution in [3.8, 4) is 11.4 Å². The summed E-state index contributed by atoms with van der Waals surface area (Å²) in [6.07, 6.45) is 0. The maximum Gasteiger partial charge on any atom is 0.223 e. The van der Waals surface area contributed by atoms with E-state index in [0.29, 0.717) is 16.7 Å². The number of aromatic nitrogens is 2. The van der Waals surface area contributed by atoms with Crippen LogP contribution < -0.4 is 0 Å². The van der Waals surface area contributed by atoms with Gasteiger partial charge >= 0.3 is 0 Å². The zero-order valence-corrected chi connectivity index (χ0v) is 8.67. The molecule has 0 aliphatic rings. The summed E-state index contributed by atoms with van der Waals surface area (Å²) in [6, 6.07) is 5.73. The van der Waals surface area contributed by atoms with E-state index in [9.17, 15) is 0 Å². The van der Waals surface area contributed by atoms with Gasteiger partial charge in [-0.05, 0) is 24.6 Å². The Morgan fingerprint density at radius 1 is 1.29 bits per heavy atom. The van der Waals surface area contributed by atoms with Crippen LogP contribution in [0.2, 0.25) is 5.02 Å². The average Bonchev–Trinajstić information content (AvgIpc) is 2.51. The molecule has 0 spiro atoms. The third-order valence-electron chi connectivity index (χ3n) is 1.89. The van der Waals surface area contributed by atoms with Gasteiger partial charge in [-0.15, -0.1) is 0 Å². The summed E-state index contributed by atoms with van der Waals surface area (Å²) in [4.78, 5) is 4.11. The van der Waals surface area contributed by atoms with Crippen molar-refractivity contribution >= 4 is 11.6 Å². The van der Waals surface area contributed by atoms with Crippen LogP contribution in [0.5, 0.6) is 0 Å². The minimum Gasteiger partial charge on any atom is -0.339 e. The third-order valence-corrected chi connectivity index (χ3v) is 2.21. The molecule has 2 rings (SSSR count). The van der Waals surface area contributed by atoms with Crippen LogP contribution in [0.25, 0.3) is 11.4 Å². The lowest BCUT2D eigenvalue weighted by Crippen LogP contribution is -1.83. The highest BCUT2D eigenvalue weighted by Crippen LogP contribution is 2.26. The summed E-state index contributed by atoms with van der Waals surface area (Å²) >= 11 is 6.05. The lowest BCUT2D eigenvalue weighted by molar-refractivity contribution is 0.394. The van der Waals surface area contributed by atoms with E-state index in [1.54, 1.807) is 6.92 Å². The molecule has 0 saturated heterocycles. The molecule has 1 aromatic carbocycles. The summed E-state index contributed by atoms with van der Waals surface area (Å²) < 4.78 is 4.88. The lowest BCUT2D eigenvalue weighted by Gasteiger charge is -1.99. The van der Waals surface area contributed by atoms with Gasteiger partial charge in [-0.1, -0.05) is 22.8 Å². The van der Waals surface area contributed by atoms with Crippen LogP contribution in [0.15, 0.2) is 22.7 Å². The van der Waals surface area contributed by atoms with E-state index in [2.05, 4.69) is 10.1 Å². The van der Waals surface area contributed by atoms with E-state index in [1.807, 2.05) is 25.1 Å². The summed E-state index contributed by atoms with van der Waals surface area (Å²) in [5, 5.41) is 4.45. The molecule has 4 heteroatoms. The van der Waals surface area contributed by atoms with Crippen LogP contribution in [-0.2, 0) is 0 Å². The molecule has 0 atom stereocenters. The normalized spacial score (nSPS) is 10.5. The first kappa shape index (κ1) is 9.21. The predicted octanol–water partition coefficient (Wildman–Crippen LogP) is 3.01. The van der Waals surface area contributed by atoms with Gasteiger partial charge in [0.2, 0.25) is 11.7 Å². The second-order valence-electron chi connectivity index (χ2n) is 3.12. The van der Waals surface area contributed by atoms with Gasteiger partial charge in [0.1, 0.15) is 0 Å². The Morgan fingerprint density at radius 3 is 2.64 bits per heavy atom. The molecular formula is C10H9ClN2O. The van der Waals surface area contributed by atoms with Crippen molar-refractivity contribution in [3.63, 3.8) is 0 Å². The Morgan fingerprint density at radius 2 is 2.07 bits per heavy atom. The fourth-order valence-corrected chi connectivity index (χ4v) is 1.53. The second kappa shape index (κ2) is 3.42. The molecule has 0 saturated carbocycles. The van der Waals surface area contributed by atoms with Crippen molar-refractivity contribution in [1.82, 2.24) is 10.1 Å². The summed E-state index contributed by atoms with van der Waals surface area (Å²) in [5.74, 6) is 1.07. The van der Waals surface area contributed by atoms with Gasteiger partial charge in [0, 0.05) is 12.5 Å². The number of nitrogens with zero attached hydrogens (tertiary/aromatic N) is 2. The summed E-state index contributed by atoms with van der Waals surface area (Å²) in [7, 11) is 0. The molecule has 0 radical (unpaired) electrons. The van der Waals surface area contributed by atoms with Gasteiger partial charge in [0.25, 0.3) is 0 Å². The molecule has 0 fully saturated rings. The first-order chi connectivity index (χ1) is 6.66. The minimum absolute atomic E-state index is 0.535. The fourth-order valence-electron chi connectivity index (χ4n) is 1.21. The van der Waals surface area contributed by atoms with Gasteiger partial charge in [-0.25, -0.2) is 0 Å². The molecule has 2 aromatic rings. The van der Waals surface area contributed by atoms with Crippen LogP contribution in [0, 0.1) is 13.8 Å². The van der Waals surface area contributed by atoms with Crippen LogP contribution in [0.1, 0.15) is 11.5 Å². The van der Waals surface area contributed by atoms with Crippen LogP contribution >= 0.6 is 11.6 Å². The Labute approximate surface area is 86.7 Å². The quantitative estimate of drug-likeness (QED) is 0.723. The number of hydrogen-bond acceptors (Lipinski definition) is 3. The van der Waals surface area contributed by atoms with E-state index >= 15 is 0 Å². The van der Waals surface area contributed by atoms with Gasteiger partial charge < -0.3 is 4.52 Å². The maximum atomic E-state index is 6.05. The van der Waals surface area contributed by atoms with Gasteiger partial charge in [0.05, 0.1) is 5.02 Å². The van der Waals surface area contributed by atoms with Gasteiger partial charge in [-0.3, -0.25) is 0 Å². The summed E-state index contributed by atoms with van der Waals surface area (Å²) in [6.45, 7) is 3.73. The fraction of sp³-hybridized carbons (Fsp3) is 0.200.